The van der Waals surface area contributed by atoms with E-state index in [-0.39, 0.29) is 17.9 Å². The third-order valence-electron chi connectivity index (χ3n) is 3.19. The molecule has 2 unspecified atom stereocenters. The van der Waals surface area contributed by atoms with Crippen LogP contribution >= 0.6 is 0 Å². The van der Waals surface area contributed by atoms with Crippen LogP contribution in [0.1, 0.15) is 40.0 Å². The molecular formula is C12H19NO3. The molecular weight excluding hydrogens is 206 g/mol. The Morgan fingerprint density at radius 2 is 2.12 bits per heavy atom. The highest BCUT2D eigenvalue weighted by atomic mass is 16.6. The van der Waals surface area contributed by atoms with Crippen molar-refractivity contribution < 1.29 is 14.3 Å². The van der Waals surface area contributed by atoms with Gasteiger partial charge in [0.05, 0.1) is 6.04 Å². The van der Waals surface area contributed by atoms with Gasteiger partial charge in [-0.05, 0) is 39.5 Å². The van der Waals surface area contributed by atoms with Gasteiger partial charge in [-0.1, -0.05) is 0 Å². The quantitative estimate of drug-likeness (QED) is 0.633. The molecule has 90 valence electrons. The molecule has 0 aromatic heterocycles. The van der Waals surface area contributed by atoms with Crippen molar-refractivity contribution in [1.29, 1.82) is 0 Å². The highest BCUT2D eigenvalue weighted by Crippen LogP contribution is 2.34. The van der Waals surface area contributed by atoms with Gasteiger partial charge in [0.25, 0.3) is 0 Å². The lowest BCUT2D eigenvalue weighted by molar-refractivity contribution is -0.124. The average Bonchev–Trinajstić information content (AvgIpc) is 2.49. The van der Waals surface area contributed by atoms with Crippen LogP contribution in [0, 0.1) is 5.92 Å². The molecule has 1 saturated carbocycles. The zero-order valence-corrected chi connectivity index (χ0v) is 10.2. The minimum Gasteiger partial charge on any atom is -0.444 e. The number of carbonyl (C=O) groups excluding carboxylic acids is 2. The summed E-state index contributed by atoms with van der Waals surface area (Å²) >= 11 is 0. The fraction of sp³-hybridized carbons (Fsp3) is 0.833. The number of ether oxygens (including phenoxy) is 1. The van der Waals surface area contributed by atoms with Crippen LogP contribution in [0.25, 0.3) is 0 Å². The summed E-state index contributed by atoms with van der Waals surface area (Å²) in [5.41, 5.74) is -0.489. The summed E-state index contributed by atoms with van der Waals surface area (Å²) in [4.78, 5) is 25.2. The SMILES string of the molecule is CC(C)(C)OC(=O)N1CC2CCC(=O)C1C2. The summed E-state index contributed by atoms with van der Waals surface area (Å²) in [6.45, 7) is 6.21. The Bertz CT molecular complexity index is 319. The van der Waals surface area contributed by atoms with Crippen molar-refractivity contribution in [3.05, 3.63) is 0 Å². The second-order valence-corrected chi connectivity index (χ2v) is 5.76. The summed E-state index contributed by atoms with van der Waals surface area (Å²) in [6, 6.07) is -0.214. The molecule has 1 saturated heterocycles. The number of nitrogens with zero attached hydrogens (tertiary/aromatic N) is 1. The molecule has 16 heavy (non-hydrogen) atoms. The summed E-state index contributed by atoms with van der Waals surface area (Å²) in [5, 5.41) is 0. The van der Waals surface area contributed by atoms with Crippen molar-refractivity contribution in [2.75, 3.05) is 6.54 Å². The highest BCUT2D eigenvalue weighted by Gasteiger charge is 2.43. The van der Waals surface area contributed by atoms with Gasteiger partial charge in [0.15, 0.2) is 5.78 Å². The number of ketones is 1. The first-order valence-electron chi connectivity index (χ1n) is 5.89. The van der Waals surface area contributed by atoms with Gasteiger partial charge in [-0.25, -0.2) is 4.79 Å². The number of Topliss-reactive ketones (excluding diaryl/α,β-unsaturated/α-hetero) is 1. The lowest BCUT2D eigenvalue weighted by Crippen LogP contribution is -2.43. The molecule has 1 amide bonds. The molecule has 0 aromatic rings. The first-order chi connectivity index (χ1) is 7.37. The number of rotatable bonds is 0. The Kier molecular flexibility index (Phi) is 2.68. The van der Waals surface area contributed by atoms with Crippen LogP contribution in [-0.2, 0) is 9.53 Å². The maximum absolute atomic E-state index is 11.9. The van der Waals surface area contributed by atoms with E-state index in [1.807, 2.05) is 20.8 Å². The summed E-state index contributed by atoms with van der Waals surface area (Å²) in [7, 11) is 0. The van der Waals surface area contributed by atoms with Crippen LogP contribution in [0.2, 0.25) is 0 Å². The van der Waals surface area contributed by atoms with Crippen LogP contribution in [0.3, 0.4) is 0 Å². The zero-order valence-electron chi connectivity index (χ0n) is 10.2. The second-order valence-electron chi connectivity index (χ2n) is 5.76. The number of hydrogen-bond acceptors (Lipinski definition) is 3. The Morgan fingerprint density at radius 1 is 1.44 bits per heavy atom. The molecule has 2 bridgehead atoms. The van der Waals surface area contributed by atoms with Crippen LogP contribution in [0.5, 0.6) is 0 Å². The molecule has 1 aliphatic carbocycles. The van der Waals surface area contributed by atoms with E-state index < -0.39 is 5.60 Å². The van der Waals surface area contributed by atoms with Gasteiger partial charge in [0.1, 0.15) is 5.60 Å². The maximum atomic E-state index is 11.9. The van der Waals surface area contributed by atoms with E-state index in [2.05, 4.69) is 0 Å². The molecule has 1 heterocycles. The molecule has 2 aliphatic rings. The standard InChI is InChI=1S/C12H19NO3/c1-12(2,3)16-11(15)13-7-8-4-5-10(14)9(13)6-8/h8-9H,4-7H2,1-3H3. The normalized spacial score (nSPS) is 29.4. The van der Waals surface area contributed by atoms with E-state index in [4.69, 9.17) is 4.74 Å². The van der Waals surface area contributed by atoms with Crippen LogP contribution in [-0.4, -0.2) is 35.0 Å². The molecule has 2 fully saturated rings. The van der Waals surface area contributed by atoms with Gasteiger partial charge in [-0.15, -0.1) is 0 Å². The molecule has 0 aromatic carbocycles. The van der Waals surface area contributed by atoms with Gasteiger partial charge >= 0.3 is 6.09 Å². The number of fused-ring (bicyclic) bond motifs is 2. The van der Waals surface area contributed by atoms with Crippen molar-refractivity contribution in [3.63, 3.8) is 0 Å². The third-order valence-corrected chi connectivity index (χ3v) is 3.19. The molecule has 4 heteroatoms. The van der Waals surface area contributed by atoms with Gasteiger partial charge < -0.3 is 4.74 Å². The maximum Gasteiger partial charge on any atom is 0.410 e. The molecule has 0 spiro atoms. The molecule has 0 N–H and O–H groups in total. The smallest absolute Gasteiger partial charge is 0.410 e. The predicted octanol–water partition coefficient (Wildman–Crippen LogP) is 1.97. The van der Waals surface area contributed by atoms with E-state index in [9.17, 15) is 9.59 Å². The van der Waals surface area contributed by atoms with Crippen LogP contribution in [0.15, 0.2) is 0 Å². The first kappa shape index (κ1) is 11.4. The van der Waals surface area contributed by atoms with E-state index in [1.165, 1.54) is 0 Å². The lowest BCUT2D eigenvalue weighted by atomic mass is 9.89. The number of hydrogen-bond donors (Lipinski definition) is 0. The number of carbonyl (C=O) groups is 2. The Balaban J connectivity index is 2.05. The number of likely N-dealkylation sites (tertiary alicyclic amines) is 1. The van der Waals surface area contributed by atoms with E-state index >= 15 is 0 Å². The monoisotopic (exact) mass is 225 g/mol. The summed E-state index contributed by atoms with van der Waals surface area (Å²) in [5.74, 6) is 0.690. The Labute approximate surface area is 95.9 Å². The topological polar surface area (TPSA) is 46.6 Å². The van der Waals surface area contributed by atoms with Crippen molar-refractivity contribution in [1.82, 2.24) is 4.90 Å². The summed E-state index contributed by atoms with van der Waals surface area (Å²) < 4.78 is 5.31. The molecule has 4 nitrogen and oxygen atoms in total. The number of amides is 1. The van der Waals surface area contributed by atoms with Crippen LogP contribution < -0.4 is 0 Å². The molecule has 1 aliphatic heterocycles. The Morgan fingerprint density at radius 3 is 2.75 bits per heavy atom. The van der Waals surface area contributed by atoms with Crippen molar-refractivity contribution in [2.45, 2.75) is 51.7 Å². The molecule has 2 atom stereocenters. The highest BCUT2D eigenvalue weighted by molar-refractivity contribution is 5.89. The molecule has 2 rings (SSSR count). The minimum absolute atomic E-state index is 0.194. The van der Waals surface area contributed by atoms with Gasteiger partial charge in [-0.2, -0.15) is 0 Å². The van der Waals surface area contributed by atoms with E-state index in [1.54, 1.807) is 4.90 Å². The van der Waals surface area contributed by atoms with Gasteiger partial charge in [0, 0.05) is 13.0 Å². The second kappa shape index (κ2) is 3.75. The van der Waals surface area contributed by atoms with Crippen LogP contribution in [0.4, 0.5) is 4.79 Å². The fourth-order valence-corrected chi connectivity index (χ4v) is 2.47. The summed E-state index contributed by atoms with van der Waals surface area (Å²) in [6.07, 6.45) is 2.04. The average molecular weight is 225 g/mol. The van der Waals surface area contributed by atoms with Gasteiger partial charge in [-0.3, -0.25) is 9.69 Å². The Hall–Kier alpha value is -1.06. The molecule has 0 radical (unpaired) electrons. The van der Waals surface area contributed by atoms with E-state index in [0.717, 1.165) is 12.8 Å². The van der Waals surface area contributed by atoms with Crippen molar-refractivity contribution >= 4 is 11.9 Å². The largest absolute Gasteiger partial charge is 0.444 e. The minimum atomic E-state index is -0.489. The van der Waals surface area contributed by atoms with Crippen molar-refractivity contribution in [3.8, 4) is 0 Å². The zero-order chi connectivity index (χ0) is 11.9. The third kappa shape index (κ3) is 2.20. The van der Waals surface area contributed by atoms with Gasteiger partial charge in [0.2, 0.25) is 0 Å². The van der Waals surface area contributed by atoms with E-state index in [0.29, 0.717) is 18.9 Å². The lowest BCUT2D eigenvalue weighted by Gasteiger charge is -2.27. The first-order valence-corrected chi connectivity index (χ1v) is 5.89. The predicted molar refractivity (Wildman–Crippen MR) is 59.1 cm³/mol. The fourth-order valence-electron chi connectivity index (χ4n) is 2.47. The van der Waals surface area contributed by atoms with Crippen molar-refractivity contribution in [2.24, 2.45) is 5.92 Å².